The molecule has 1 saturated heterocycles. The monoisotopic (exact) mass is 258 g/mol. The van der Waals surface area contributed by atoms with Crippen LogP contribution in [0.1, 0.15) is 6.42 Å². The van der Waals surface area contributed by atoms with Gasteiger partial charge in [-0.2, -0.15) is 4.37 Å². The van der Waals surface area contributed by atoms with Crippen molar-refractivity contribution in [1.82, 2.24) is 9.27 Å². The van der Waals surface area contributed by atoms with Crippen molar-refractivity contribution in [1.29, 1.82) is 0 Å². The first-order chi connectivity index (χ1) is 7.70. The van der Waals surface area contributed by atoms with Crippen molar-refractivity contribution in [2.45, 2.75) is 11.3 Å². The highest BCUT2D eigenvalue weighted by Crippen LogP contribution is 2.34. The highest BCUT2D eigenvalue weighted by Gasteiger charge is 2.20. The molecule has 1 unspecified atom stereocenters. The summed E-state index contributed by atoms with van der Waals surface area (Å²) in [7, 11) is 2.18. The molecule has 90 valence electrons. The molecule has 0 radical (unpaired) electrons. The van der Waals surface area contributed by atoms with Crippen LogP contribution < -0.4 is 11.1 Å². The van der Waals surface area contributed by atoms with E-state index in [1.807, 2.05) is 6.26 Å². The third-order valence-corrected chi connectivity index (χ3v) is 4.69. The fourth-order valence-corrected chi connectivity index (χ4v) is 3.58. The fourth-order valence-electron chi connectivity index (χ4n) is 2.03. The van der Waals surface area contributed by atoms with E-state index in [1.165, 1.54) is 31.0 Å². The number of likely N-dealkylation sites (tertiary alicyclic amines) is 1. The highest BCUT2D eigenvalue weighted by molar-refractivity contribution is 7.99. The molecule has 1 aromatic rings. The van der Waals surface area contributed by atoms with Crippen LogP contribution in [-0.4, -0.2) is 42.2 Å². The Morgan fingerprint density at radius 1 is 1.69 bits per heavy atom. The molecule has 3 N–H and O–H groups in total. The average Bonchev–Trinajstić information content (AvgIpc) is 2.82. The molecular weight excluding hydrogens is 240 g/mol. The van der Waals surface area contributed by atoms with E-state index in [0.29, 0.717) is 5.82 Å². The second-order valence-electron chi connectivity index (χ2n) is 4.23. The number of nitrogen functional groups attached to an aromatic ring is 1. The Bertz CT molecular complexity index is 353. The minimum absolute atomic E-state index is 0.656. The van der Waals surface area contributed by atoms with Gasteiger partial charge in [-0.15, -0.1) is 11.8 Å². The van der Waals surface area contributed by atoms with Gasteiger partial charge in [0.25, 0.3) is 0 Å². The summed E-state index contributed by atoms with van der Waals surface area (Å²) in [4.78, 5) is 3.47. The molecule has 1 aliphatic rings. The van der Waals surface area contributed by atoms with Crippen molar-refractivity contribution in [2.24, 2.45) is 5.92 Å². The summed E-state index contributed by atoms with van der Waals surface area (Å²) in [6.45, 7) is 3.43. The molecular formula is C10H18N4S2. The first kappa shape index (κ1) is 12.0. The van der Waals surface area contributed by atoms with Gasteiger partial charge in [-0.25, -0.2) is 0 Å². The van der Waals surface area contributed by atoms with Crippen LogP contribution in [0.5, 0.6) is 0 Å². The van der Waals surface area contributed by atoms with Gasteiger partial charge in [0.15, 0.2) is 5.82 Å². The van der Waals surface area contributed by atoms with Gasteiger partial charge in [0.1, 0.15) is 5.00 Å². The second-order valence-corrected chi connectivity index (χ2v) is 5.82. The number of rotatable bonds is 4. The lowest BCUT2D eigenvalue weighted by Crippen LogP contribution is -2.18. The van der Waals surface area contributed by atoms with Gasteiger partial charge < -0.3 is 16.0 Å². The smallest absolute Gasteiger partial charge is 0.153 e. The maximum atomic E-state index is 5.79. The standard InChI is InChI=1S/C10H18N4S2/c1-14-4-3-7(6-14)5-12-10-8(15-2)9(11)13-16-10/h7,12H,3-6H2,1-2H3,(H2,11,13). The Kier molecular flexibility index (Phi) is 3.94. The van der Waals surface area contributed by atoms with Crippen molar-refractivity contribution in [3.8, 4) is 0 Å². The molecule has 1 aliphatic heterocycles. The van der Waals surface area contributed by atoms with Crippen LogP contribution in [-0.2, 0) is 0 Å². The van der Waals surface area contributed by atoms with Crippen LogP contribution in [0.25, 0.3) is 0 Å². The molecule has 2 heterocycles. The largest absolute Gasteiger partial charge is 0.382 e. The molecule has 1 atom stereocenters. The molecule has 4 nitrogen and oxygen atoms in total. The number of nitrogens with zero attached hydrogens (tertiary/aromatic N) is 2. The second kappa shape index (κ2) is 5.25. The molecule has 0 amide bonds. The van der Waals surface area contributed by atoms with E-state index in [4.69, 9.17) is 5.73 Å². The Labute approximate surface area is 105 Å². The van der Waals surface area contributed by atoms with Crippen molar-refractivity contribution in [3.05, 3.63) is 0 Å². The van der Waals surface area contributed by atoms with Crippen LogP contribution in [0.2, 0.25) is 0 Å². The lowest BCUT2D eigenvalue weighted by atomic mass is 10.1. The lowest BCUT2D eigenvalue weighted by molar-refractivity contribution is 0.399. The van der Waals surface area contributed by atoms with Crippen molar-refractivity contribution in [3.63, 3.8) is 0 Å². The Morgan fingerprint density at radius 3 is 3.12 bits per heavy atom. The van der Waals surface area contributed by atoms with Crippen molar-refractivity contribution >= 4 is 34.1 Å². The molecule has 0 spiro atoms. The van der Waals surface area contributed by atoms with Gasteiger partial charge in [-0.1, -0.05) is 0 Å². The zero-order chi connectivity index (χ0) is 11.5. The van der Waals surface area contributed by atoms with Gasteiger partial charge in [-0.05, 0) is 43.7 Å². The van der Waals surface area contributed by atoms with Crippen LogP contribution in [0.3, 0.4) is 0 Å². The summed E-state index contributed by atoms with van der Waals surface area (Å²) in [5, 5.41) is 4.60. The number of nitrogens with one attached hydrogen (secondary N) is 1. The first-order valence-corrected chi connectivity index (χ1v) is 7.42. The van der Waals surface area contributed by atoms with E-state index in [9.17, 15) is 0 Å². The number of hydrogen-bond acceptors (Lipinski definition) is 6. The van der Waals surface area contributed by atoms with Gasteiger partial charge in [0, 0.05) is 13.1 Å². The van der Waals surface area contributed by atoms with Gasteiger partial charge in [0.2, 0.25) is 0 Å². The SMILES string of the molecule is CSc1c(N)nsc1NCC1CCN(C)C1. The molecule has 6 heteroatoms. The lowest BCUT2D eigenvalue weighted by Gasteiger charge is -2.11. The Hall–Kier alpha value is -0.460. The maximum Gasteiger partial charge on any atom is 0.153 e. The topological polar surface area (TPSA) is 54.2 Å². The average molecular weight is 258 g/mol. The third kappa shape index (κ3) is 2.61. The van der Waals surface area contributed by atoms with E-state index in [1.54, 1.807) is 11.8 Å². The summed E-state index contributed by atoms with van der Waals surface area (Å²) in [6.07, 6.45) is 3.32. The van der Waals surface area contributed by atoms with Crippen molar-refractivity contribution in [2.75, 3.05) is 44.0 Å². The molecule has 1 aromatic heterocycles. The molecule has 0 aromatic carbocycles. The normalized spacial score (nSPS) is 21.5. The highest BCUT2D eigenvalue weighted by atomic mass is 32.2. The van der Waals surface area contributed by atoms with Crippen molar-refractivity contribution < 1.29 is 0 Å². The summed E-state index contributed by atoms with van der Waals surface area (Å²) in [5.74, 6) is 1.41. The zero-order valence-electron chi connectivity index (χ0n) is 9.69. The molecule has 0 saturated carbocycles. The van der Waals surface area contributed by atoms with E-state index < -0.39 is 0 Å². The predicted octanol–water partition coefficient (Wildman–Crippen LogP) is 1.81. The van der Waals surface area contributed by atoms with Gasteiger partial charge in [0.05, 0.1) is 4.90 Å². The van der Waals surface area contributed by atoms with Crippen LogP contribution in [0, 0.1) is 5.92 Å². The van der Waals surface area contributed by atoms with E-state index in [2.05, 4.69) is 21.6 Å². The van der Waals surface area contributed by atoms with Crippen LogP contribution in [0.4, 0.5) is 10.8 Å². The quantitative estimate of drug-likeness (QED) is 0.807. The van der Waals surface area contributed by atoms with E-state index >= 15 is 0 Å². The third-order valence-electron chi connectivity index (χ3n) is 2.92. The minimum Gasteiger partial charge on any atom is -0.382 e. The van der Waals surface area contributed by atoms with E-state index in [0.717, 1.165) is 22.4 Å². The summed E-state index contributed by atoms with van der Waals surface area (Å²) in [5.41, 5.74) is 5.79. The fraction of sp³-hybridized carbons (Fsp3) is 0.700. The Balaban J connectivity index is 1.89. The first-order valence-electron chi connectivity index (χ1n) is 5.42. The Morgan fingerprint density at radius 2 is 2.50 bits per heavy atom. The van der Waals surface area contributed by atoms with Crippen LogP contribution in [0.15, 0.2) is 4.90 Å². The van der Waals surface area contributed by atoms with E-state index in [-0.39, 0.29) is 0 Å². The molecule has 2 rings (SSSR count). The predicted molar refractivity (Wildman–Crippen MR) is 72.4 cm³/mol. The summed E-state index contributed by atoms with van der Waals surface area (Å²) < 4.78 is 4.17. The van der Waals surface area contributed by atoms with Gasteiger partial charge in [-0.3, -0.25) is 0 Å². The maximum absolute atomic E-state index is 5.79. The summed E-state index contributed by atoms with van der Waals surface area (Å²) in [6, 6.07) is 0. The number of hydrogen-bond donors (Lipinski definition) is 2. The molecule has 0 aliphatic carbocycles. The molecule has 0 bridgehead atoms. The molecule has 16 heavy (non-hydrogen) atoms. The molecule has 1 fully saturated rings. The van der Waals surface area contributed by atoms with Crippen LogP contribution >= 0.6 is 23.3 Å². The minimum atomic E-state index is 0.656. The number of thioether (sulfide) groups is 1. The number of aromatic nitrogens is 1. The van der Waals surface area contributed by atoms with Gasteiger partial charge >= 0.3 is 0 Å². The number of nitrogens with two attached hydrogens (primary N) is 1. The zero-order valence-corrected chi connectivity index (χ0v) is 11.3. The number of anilines is 2. The summed E-state index contributed by atoms with van der Waals surface area (Å²) >= 11 is 3.13.